The van der Waals surface area contributed by atoms with Crippen molar-refractivity contribution < 1.29 is 14.2 Å². The molecule has 1 aliphatic rings. The number of rotatable bonds is 9. The van der Waals surface area contributed by atoms with Gasteiger partial charge in [-0.25, -0.2) is 4.39 Å². The molecule has 0 bridgehead atoms. The van der Waals surface area contributed by atoms with E-state index in [1.807, 2.05) is 12.1 Å². The molecule has 4 nitrogen and oxygen atoms in total. The number of nitrogens with zero attached hydrogens (tertiary/aromatic N) is 2. The highest BCUT2D eigenvalue weighted by Gasteiger charge is 2.23. The number of unbranched alkanes of at least 4 members (excludes halogenated alkanes) is 2. The van der Waals surface area contributed by atoms with Crippen LogP contribution in [0.3, 0.4) is 0 Å². The molecule has 0 aliphatic carbocycles. The van der Waals surface area contributed by atoms with Crippen LogP contribution in [0.4, 0.5) is 4.39 Å². The fraction of sp³-hybridized carbons (Fsp3) is 0.560. The smallest absolute Gasteiger partial charge is 0.123 e. The predicted molar refractivity (Wildman–Crippen MR) is 119 cm³/mol. The molecule has 30 heavy (non-hydrogen) atoms. The van der Waals surface area contributed by atoms with Gasteiger partial charge in [0.2, 0.25) is 0 Å². The molecule has 0 atom stereocenters. The molecule has 0 spiro atoms. The fourth-order valence-electron chi connectivity index (χ4n) is 4.26. The van der Waals surface area contributed by atoms with Crippen LogP contribution >= 0.6 is 0 Å². The summed E-state index contributed by atoms with van der Waals surface area (Å²) in [7, 11) is 0. The number of aromatic nitrogens is 1. The average Bonchev–Trinajstić information content (AvgIpc) is 2.75. The molecule has 1 aliphatic heterocycles. The van der Waals surface area contributed by atoms with Crippen molar-refractivity contribution in [3.8, 4) is 11.1 Å². The Hall–Kier alpha value is -1.82. The first-order chi connectivity index (χ1) is 14.5. The summed E-state index contributed by atoms with van der Waals surface area (Å²) >= 11 is 0. The maximum atomic E-state index is 13.6. The van der Waals surface area contributed by atoms with Gasteiger partial charge in [-0.2, -0.15) is 0 Å². The first-order valence-corrected chi connectivity index (χ1v) is 11.3. The number of morpholine rings is 1. The summed E-state index contributed by atoms with van der Waals surface area (Å²) in [5.74, 6) is -0.0528. The summed E-state index contributed by atoms with van der Waals surface area (Å²) in [4.78, 5) is 7.50. The van der Waals surface area contributed by atoms with E-state index in [2.05, 4.69) is 25.7 Å². The van der Waals surface area contributed by atoms with Crippen molar-refractivity contribution in [1.82, 2.24) is 9.88 Å². The van der Waals surface area contributed by atoms with E-state index < -0.39 is 0 Å². The van der Waals surface area contributed by atoms with Crippen molar-refractivity contribution in [2.24, 2.45) is 0 Å². The van der Waals surface area contributed by atoms with E-state index >= 15 is 0 Å². The number of ether oxygens (including phenoxy) is 1. The van der Waals surface area contributed by atoms with Crippen LogP contribution in [0.1, 0.15) is 68.5 Å². The number of hydrogen-bond acceptors (Lipinski definition) is 4. The van der Waals surface area contributed by atoms with Crippen molar-refractivity contribution >= 4 is 0 Å². The molecule has 1 aromatic heterocycles. The molecule has 1 saturated heterocycles. The third-order valence-electron chi connectivity index (χ3n) is 5.86. The van der Waals surface area contributed by atoms with Gasteiger partial charge in [-0.3, -0.25) is 9.88 Å². The number of pyridine rings is 1. The Labute approximate surface area is 180 Å². The highest BCUT2D eigenvalue weighted by Crippen LogP contribution is 2.36. The topological polar surface area (TPSA) is 45.6 Å². The molecule has 0 saturated carbocycles. The number of benzene rings is 1. The van der Waals surface area contributed by atoms with Crippen LogP contribution in [0.15, 0.2) is 24.3 Å². The van der Waals surface area contributed by atoms with Crippen LogP contribution in [-0.4, -0.2) is 41.3 Å². The van der Waals surface area contributed by atoms with Gasteiger partial charge < -0.3 is 9.84 Å². The lowest BCUT2D eigenvalue weighted by Crippen LogP contribution is -2.36. The lowest BCUT2D eigenvalue weighted by molar-refractivity contribution is 0.0335. The van der Waals surface area contributed by atoms with E-state index in [9.17, 15) is 9.50 Å². The van der Waals surface area contributed by atoms with Crippen LogP contribution < -0.4 is 0 Å². The maximum absolute atomic E-state index is 13.6. The molecular formula is C25H35FN2O2. The summed E-state index contributed by atoms with van der Waals surface area (Å²) in [6, 6.07) is 6.67. The highest BCUT2D eigenvalue weighted by atomic mass is 19.1. The van der Waals surface area contributed by atoms with Crippen molar-refractivity contribution in [3.05, 3.63) is 52.6 Å². The Kier molecular flexibility index (Phi) is 8.37. The van der Waals surface area contributed by atoms with E-state index in [1.54, 1.807) is 0 Å². The summed E-state index contributed by atoms with van der Waals surface area (Å²) in [5, 5.41) is 10.3. The standard InChI is InChI=1S/C25H35FN2O2/c1-4-5-6-7-21-23(16-28-12-14-30-15-13-28)27-25(18(2)3)22(17-29)24(21)19-8-10-20(26)11-9-19/h8-11,18,29H,4-7,12-17H2,1-3H3. The first-order valence-electron chi connectivity index (χ1n) is 11.3. The molecular weight excluding hydrogens is 379 g/mol. The molecule has 0 radical (unpaired) electrons. The molecule has 0 amide bonds. The van der Waals surface area contributed by atoms with Gasteiger partial charge in [0.25, 0.3) is 0 Å². The minimum atomic E-state index is -0.247. The molecule has 0 unspecified atom stereocenters. The summed E-state index contributed by atoms with van der Waals surface area (Å²) in [5.41, 5.74) is 6.13. The van der Waals surface area contributed by atoms with Crippen LogP contribution in [0.2, 0.25) is 0 Å². The van der Waals surface area contributed by atoms with Crippen molar-refractivity contribution in [2.75, 3.05) is 26.3 Å². The first kappa shape index (κ1) is 22.9. The predicted octanol–water partition coefficient (Wildman–Crippen LogP) is 5.07. The van der Waals surface area contributed by atoms with Crippen LogP contribution in [0.25, 0.3) is 11.1 Å². The zero-order chi connectivity index (χ0) is 21.5. The lowest BCUT2D eigenvalue weighted by atomic mass is 9.87. The van der Waals surface area contributed by atoms with Gasteiger partial charge in [-0.15, -0.1) is 0 Å². The molecule has 164 valence electrons. The van der Waals surface area contributed by atoms with E-state index in [-0.39, 0.29) is 18.3 Å². The van der Waals surface area contributed by atoms with Crippen molar-refractivity contribution in [1.29, 1.82) is 0 Å². The zero-order valence-corrected chi connectivity index (χ0v) is 18.6. The molecule has 5 heteroatoms. The van der Waals surface area contributed by atoms with E-state index in [0.717, 1.165) is 86.6 Å². The Bertz CT molecular complexity index is 815. The third kappa shape index (κ3) is 5.45. The monoisotopic (exact) mass is 414 g/mol. The average molecular weight is 415 g/mol. The van der Waals surface area contributed by atoms with Crippen LogP contribution in [-0.2, 0) is 24.3 Å². The van der Waals surface area contributed by atoms with Crippen LogP contribution in [0.5, 0.6) is 0 Å². The normalized spacial score (nSPS) is 15.1. The quantitative estimate of drug-likeness (QED) is 0.582. The number of aliphatic hydroxyl groups is 1. The van der Waals surface area contributed by atoms with Gasteiger partial charge in [0, 0.05) is 30.9 Å². The Morgan fingerprint density at radius 3 is 2.40 bits per heavy atom. The van der Waals surface area contributed by atoms with Gasteiger partial charge in [-0.05, 0) is 47.6 Å². The van der Waals surface area contributed by atoms with Gasteiger partial charge in [0.1, 0.15) is 5.82 Å². The van der Waals surface area contributed by atoms with Crippen molar-refractivity contribution in [2.45, 2.75) is 65.5 Å². The third-order valence-corrected chi connectivity index (χ3v) is 5.86. The second-order valence-electron chi connectivity index (χ2n) is 8.44. The van der Waals surface area contributed by atoms with Gasteiger partial charge in [0.15, 0.2) is 0 Å². The Morgan fingerprint density at radius 2 is 1.80 bits per heavy atom. The maximum Gasteiger partial charge on any atom is 0.123 e. The van der Waals surface area contributed by atoms with Crippen LogP contribution in [0, 0.1) is 5.82 Å². The second kappa shape index (κ2) is 11.0. The Balaban J connectivity index is 2.16. The van der Waals surface area contributed by atoms with Gasteiger partial charge in [0.05, 0.1) is 25.5 Å². The molecule has 1 aromatic carbocycles. The van der Waals surface area contributed by atoms with E-state index in [1.165, 1.54) is 17.7 Å². The van der Waals surface area contributed by atoms with Gasteiger partial charge >= 0.3 is 0 Å². The molecule has 3 rings (SSSR count). The number of halogens is 1. The largest absolute Gasteiger partial charge is 0.392 e. The minimum absolute atomic E-state index is 0.0637. The fourth-order valence-corrected chi connectivity index (χ4v) is 4.26. The molecule has 1 N–H and O–H groups in total. The summed E-state index contributed by atoms with van der Waals surface area (Å²) in [6.45, 7) is 10.5. The summed E-state index contributed by atoms with van der Waals surface area (Å²) < 4.78 is 19.2. The summed E-state index contributed by atoms with van der Waals surface area (Å²) in [6.07, 6.45) is 4.29. The van der Waals surface area contributed by atoms with E-state index in [4.69, 9.17) is 9.72 Å². The SMILES string of the molecule is CCCCCc1c(CN2CCOCC2)nc(C(C)C)c(CO)c1-c1ccc(F)cc1. The van der Waals surface area contributed by atoms with Crippen molar-refractivity contribution in [3.63, 3.8) is 0 Å². The zero-order valence-electron chi connectivity index (χ0n) is 18.6. The van der Waals surface area contributed by atoms with E-state index in [0.29, 0.717) is 0 Å². The second-order valence-corrected chi connectivity index (χ2v) is 8.44. The Morgan fingerprint density at radius 1 is 1.10 bits per heavy atom. The molecule has 1 fully saturated rings. The lowest BCUT2D eigenvalue weighted by Gasteiger charge is -2.29. The molecule has 2 heterocycles. The number of aliphatic hydroxyl groups excluding tert-OH is 1. The number of hydrogen-bond donors (Lipinski definition) is 1. The van der Waals surface area contributed by atoms with Gasteiger partial charge in [-0.1, -0.05) is 45.7 Å². The molecule has 2 aromatic rings. The minimum Gasteiger partial charge on any atom is -0.392 e. The highest BCUT2D eigenvalue weighted by molar-refractivity contribution is 5.73.